The van der Waals surface area contributed by atoms with Crippen LogP contribution in [-0.2, 0) is 9.84 Å². The molecule has 2 nitrogen and oxygen atoms in total. The topological polar surface area (TPSA) is 34.1 Å². The van der Waals surface area contributed by atoms with E-state index < -0.39 is 15.1 Å². The van der Waals surface area contributed by atoms with Gasteiger partial charge in [-0.2, -0.15) is 0 Å². The molecule has 1 rings (SSSR count). The monoisotopic (exact) mass is 266 g/mol. The predicted octanol–water partition coefficient (Wildman–Crippen LogP) is 3.90. The molecule has 0 aliphatic rings. The zero-order valence-corrected chi connectivity index (χ0v) is 12.0. The molecule has 0 saturated heterocycles. The summed E-state index contributed by atoms with van der Waals surface area (Å²) >= 11 is 0. The molecule has 0 amide bonds. The van der Waals surface area contributed by atoms with Crippen LogP contribution in [0.2, 0.25) is 0 Å². The second-order valence-electron chi connectivity index (χ2n) is 4.58. The van der Waals surface area contributed by atoms with E-state index in [0.717, 1.165) is 24.8 Å². The summed E-state index contributed by atoms with van der Waals surface area (Å²) in [4.78, 5) is 0.436. The zero-order valence-electron chi connectivity index (χ0n) is 11.2. The van der Waals surface area contributed by atoms with Crippen LogP contribution >= 0.6 is 0 Å². The largest absolute Gasteiger partial charge is 0.223 e. The second-order valence-corrected chi connectivity index (χ2v) is 6.72. The highest BCUT2D eigenvalue weighted by molar-refractivity contribution is 7.92. The van der Waals surface area contributed by atoms with Crippen molar-refractivity contribution in [2.75, 3.05) is 0 Å². The van der Waals surface area contributed by atoms with E-state index >= 15 is 0 Å². The zero-order chi connectivity index (χ0) is 13.6. The molecule has 100 valence electrons. The highest BCUT2D eigenvalue weighted by atomic mass is 32.2. The molecule has 0 fully saturated rings. The van der Waals surface area contributed by atoms with Gasteiger partial charge in [0.15, 0.2) is 9.84 Å². The highest BCUT2D eigenvalue weighted by Gasteiger charge is 2.25. The van der Waals surface area contributed by atoms with Gasteiger partial charge in [0.25, 0.3) is 0 Å². The Morgan fingerprint density at radius 1 is 1.28 bits per heavy atom. The average molecular weight is 266 g/mol. The third-order valence-corrected chi connectivity index (χ3v) is 5.45. The summed E-state index contributed by atoms with van der Waals surface area (Å²) < 4.78 is 25.0. The van der Waals surface area contributed by atoms with Crippen molar-refractivity contribution in [1.82, 2.24) is 0 Å². The van der Waals surface area contributed by atoms with Crippen molar-refractivity contribution in [3.05, 3.63) is 42.5 Å². The van der Waals surface area contributed by atoms with Crippen molar-refractivity contribution in [2.24, 2.45) is 0 Å². The molecule has 0 spiro atoms. The van der Waals surface area contributed by atoms with Crippen molar-refractivity contribution in [3.8, 4) is 0 Å². The maximum Gasteiger partial charge on any atom is 0.185 e. The number of hydrogen-bond acceptors (Lipinski definition) is 2. The highest BCUT2D eigenvalue weighted by Crippen LogP contribution is 2.23. The van der Waals surface area contributed by atoms with E-state index in [-0.39, 0.29) is 0 Å². The fourth-order valence-electron chi connectivity index (χ4n) is 2.03. The van der Waals surface area contributed by atoms with Gasteiger partial charge in [-0.05, 0) is 25.0 Å². The molecule has 0 aromatic heterocycles. The number of hydrogen-bond donors (Lipinski definition) is 0. The first-order valence-corrected chi connectivity index (χ1v) is 8.00. The maximum atomic E-state index is 12.5. The molecular weight excluding hydrogens is 244 g/mol. The minimum Gasteiger partial charge on any atom is -0.223 e. The van der Waals surface area contributed by atoms with E-state index in [0.29, 0.717) is 11.3 Å². The van der Waals surface area contributed by atoms with E-state index in [1.54, 1.807) is 18.2 Å². The van der Waals surface area contributed by atoms with E-state index in [1.807, 2.05) is 19.1 Å². The van der Waals surface area contributed by atoms with E-state index in [4.69, 9.17) is 0 Å². The van der Waals surface area contributed by atoms with Crippen molar-refractivity contribution in [2.45, 2.75) is 49.7 Å². The number of unbranched alkanes of at least 4 members (excludes halogenated alkanes) is 2. The molecule has 0 bridgehead atoms. The van der Waals surface area contributed by atoms with Crippen LogP contribution in [0.3, 0.4) is 0 Å². The van der Waals surface area contributed by atoms with Gasteiger partial charge in [-0.15, -0.1) is 6.58 Å². The lowest BCUT2D eigenvalue weighted by molar-refractivity contribution is 0.575. The van der Waals surface area contributed by atoms with Crippen LogP contribution in [0.5, 0.6) is 0 Å². The fourth-order valence-corrected chi connectivity index (χ4v) is 3.88. The minimum absolute atomic E-state index is 0.436. The lowest BCUT2D eigenvalue weighted by Gasteiger charge is -2.15. The third-order valence-electron chi connectivity index (χ3n) is 3.15. The van der Waals surface area contributed by atoms with E-state index in [2.05, 4.69) is 13.5 Å². The van der Waals surface area contributed by atoms with Crippen molar-refractivity contribution in [3.63, 3.8) is 0 Å². The predicted molar refractivity (Wildman–Crippen MR) is 76.5 cm³/mol. The van der Waals surface area contributed by atoms with Gasteiger partial charge in [-0.3, -0.25) is 0 Å². The number of aryl methyl sites for hydroxylation is 1. The summed E-state index contributed by atoms with van der Waals surface area (Å²) in [6, 6.07) is 7.14. The summed E-state index contributed by atoms with van der Waals surface area (Å²) in [7, 11) is -3.28. The van der Waals surface area contributed by atoms with Gasteiger partial charge in [-0.25, -0.2) is 8.42 Å². The first-order valence-electron chi connectivity index (χ1n) is 6.46. The van der Waals surface area contributed by atoms with Crippen LogP contribution in [0, 0.1) is 6.92 Å². The van der Waals surface area contributed by atoms with Gasteiger partial charge in [0.1, 0.15) is 0 Å². The number of sulfone groups is 1. The Bertz CT molecular complexity index is 489. The molecule has 0 heterocycles. The van der Waals surface area contributed by atoms with Gasteiger partial charge in [0, 0.05) is 0 Å². The Balaban J connectivity index is 2.97. The first-order chi connectivity index (χ1) is 8.54. The standard InChI is InChI=1S/C15H22O2S/c1-4-6-7-11-14(5-2)18(16,17)15-12-9-8-10-13(15)3/h5,8-10,12,14H,2,4,6-7,11H2,1,3H3. The average Bonchev–Trinajstić information content (AvgIpc) is 2.34. The maximum absolute atomic E-state index is 12.5. The van der Waals surface area contributed by atoms with Gasteiger partial charge in [0.2, 0.25) is 0 Å². The third kappa shape index (κ3) is 3.45. The summed E-state index contributed by atoms with van der Waals surface area (Å²) in [5, 5.41) is -0.467. The van der Waals surface area contributed by atoms with Crippen LogP contribution in [0.25, 0.3) is 0 Å². The molecule has 0 saturated carbocycles. The fraction of sp³-hybridized carbons (Fsp3) is 0.467. The molecule has 1 unspecified atom stereocenters. The minimum atomic E-state index is -3.28. The smallest absolute Gasteiger partial charge is 0.185 e. The molecule has 1 aromatic carbocycles. The Kier molecular flexibility index (Phi) is 5.60. The Morgan fingerprint density at radius 3 is 2.50 bits per heavy atom. The first kappa shape index (κ1) is 15.0. The molecule has 0 N–H and O–H groups in total. The van der Waals surface area contributed by atoms with Crippen molar-refractivity contribution >= 4 is 9.84 Å². The van der Waals surface area contributed by atoms with Gasteiger partial charge in [0.05, 0.1) is 10.1 Å². The van der Waals surface area contributed by atoms with Gasteiger partial charge < -0.3 is 0 Å². The molecule has 1 aromatic rings. The van der Waals surface area contributed by atoms with E-state index in [1.165, 1.54) is 0 Å². The normalized spacial score (nSPS) is 13.2. The lowest BCUT2D eigenvalue weighted by atomic mass is 10.1. The van der Waals surface area contributed by atoms with Crippen molar-refractivity contribution < 1.29 is 8.42 Å². The van der Waals surface area contributed by atoms with Crippen molar-refractivity contribution in [1.29, 1.82) is 0 Å². The number of benzene rings is 1. The molecule has 0 aliphatic carbocycles. The van der Waals surface area contributed by atoms with Crippen LogP contribution in [0.15, 0.2) is 41.8 Å². The summed E-state index contributed by atoms with van der Waals surface area (Å²) in [5.74, 6) is 0. The SMILES string of the molecule is C=CC(CCCCC)S(=O)(=O)c1ccccc1C. The second kappa shape index (κ2) is 6.74. The molecular formula is C15H22O2S. The number of rotatable bonds is 7. The lowest BCUT2D eigenvalue weighted by Crippen LogP contribution is -2.20. The van der Waals surface area contributed by atoms with Crippen LogP contribution in [-0.4, -0.2) is 13.7 Å². The van der Waals surface area contributed by atoms with E-state index in [9.17, 15) is 8.42 Å². The molecule has 3 heteroatoms. The summed E-state index contributed by atoms with van der Waals surface area (Å²) in [5.41, 5.74) is 0.805. The Labute approximate surface area is 111 Å². The molecule has 1 atom stereocenters. The Hall–Kier alpha value is -1.09. The van der Waals surface area contributed by atoms with Crippen LogP contribution < -0.4 is 0 Å². The van der Waals surface area contributed by atoms with Gasteiger partial charge >= 0.3 is 0 Å². The van der Waals surface area contributed by atoms with Gasteiger partial charge in [-0.1, -0.05) is 50.5 Å². The molecule has 18 heavy (non-hydrogen) atoms. The molecule has 0 aliphatic heterocycles. The van der Waals surface area contributed by atoms with Crippen LogP contribution in [0.4, 0.5) is 0 Å². The van der Waals surface area contributed by atoms with Crippen LogP contribution in [0.1, 0.15) is 38.2 Å². The summed E-state index contributed by atoms with van der Waals surface area (Å²) in [6.45, 7) is 7.62. The quantitative estimate of drug-likeness (QED) is 0.554. The molecule has 0 radical (unpaired) electrons. The Morgan fingerprint density at radius 2 is 1.94 bits per heavy atom. The summed E-state index contributed by atoms with van der Waals surface area (Å²) in [6.07, 6.45) is 5.31.